The molecule has 3 heterocycles. The molecule has 0 radical (unpaired) electrons. The third-order valence-corrected chi connectivity index (χ3v) is 5.40. The highest BCUT2D eigenvalue weighted by atomic mass is 35.5. The first-order valence-corrected chi connectivity index (χ1v) is 10.4. The third kappa shape index (κ3) is 4.34. The lowest BCUT2D eigenvalue weighted by molar-refractivity contribution is -0.128. The first-order valence-electron chi connectivity index (χ1n) is 9.45. The molecule has 3 aromatic rings. The van der Waals surface area contributed by atoms with E-state index < -0.39 is 0 Å². The lowest BCUT2D eigenvalue weighted by atomic mass is 10.2. The van der Waals surface area contributed by atoms with Gasteiger partial charge >= 0.3 is 0 Å². The number of halogens is 2. The van der Waals surface area contributed by atoms with Gasteiger partial charge in [0.2, 0.25) is 17.7 Å². The van der Waals surface area contributed by atoms with E-state index in [1.165, 1.54) is 6.33 Å². The van der Waals surface area contributed by atoms with Crippen molar-refractivity contribution in [3.8, 4) is 17.4 Å². The number of amides is 1. The molecule has 1 aliphatic heterocycles. The Bertz CT molecular complexity index is 1030. The number of ether oxygens (including phenoxy) is 1. The molecule has 8 nitrogen and oxygen atoms in total. The number of rotatable bonds is 5. The topological polar surface area (TPSA) is 76.4 Å². The highest BCUT2D eigenvalue weighted by molar-refractivity contribution is 6.30. The van der Waals surface area contributed by atoms with Crippen molar-refractivity contribution >= 4 is 34.9 Å². The fourth-order valence-corrected chi connectivity index (χ4v) is 3.59. The van der Waals surface area contributed by atoms with E-state index in [4.69, 9.17) is 27.9 Å². The Morgan fingerprint density at radius 2 is 1.83 bits per heavy atom. The molecule has 0 atom stereocenters. The molecule has 1 aromatic carbocycles. The van der Waals surface area contributed by atoms with Crippen molar-refractivity contribution in [1.29, 1.82) is 0 Å². The molecule has 1 fully saturated rings. The van der Waals surface area contributed by atoms with Crippen molar-refractivity contribution in [2.45, 2.75) is 6.92 Å². The zero-order chi connectivity index (χ0) is 21.1. The molecule has 1 saturated heterocycles. The molecule has 30 heavy (non-hydrogen) atoms. The molecule has 0 bridgehead atoms. The van der Waals surface area contributed by atoms with Crippen LogP contribution in [-0.2, 0) is 4.79 Å². The average molecular weight is 447 g/mol. The van der Waals surface area contributed by atoms with Gasteiger partial charge in [-0.15, -0.1) is 16.7 Å². The summed E-state index contributed by atoms with van der Waals surface area (Å²) in [6, 6.07) is 9.14. The number of anilines is 1. The number of hydrogen-bond donors (Lipinski definition) is 0. The zero-order valence-electron chi connectivity index (χ0n) is 16.3. The number of carbonyl (C=O) groups is 1. The van der Waals surface area contributed by atoms with Crippen LogP contribution in [0, 0.1) is 6.92 Å². The summed E-state index contributed by atoms with van der Waals surface area (Å²) < 4.78 is 7.63. The summed E-state index contributed by atoms with van der Waals surface area (Å²) in [5, 5.41) is 5.11. The second-order valence-electron chi connectivity index (χ2n) is 6.81. The number of aromatic nitrogens is 4. The van der Waals surface area contributed by atoms with Crippen LogP contribution in [-0.4, -0.2) is 62.6 Å². The summed E-state index contributed by atoms with van der Waals surface area (Å²) in [4.78, 5) is 24.3. The van der Waals surface area contributed by atoms with Gasteiger partial charge in [0.1, 0.15) is 18.0 Å². The van der Waals surface area contributed by atoms with E-state index in [-0.39, 0.29) is 11.8 Å². The highest BCUT2D eigenvalue weighted by Gasteiger charge is 2.23. The average Bonchev–Trinajstić information content (AvgIpc) is 3.24. The van der Waals surface area contributed by atoms with Gasteiger partial charge in [0.15, 0.2) is 0 Å². The predicted octanol–water partition coefficient (Wildman–Crippen LogP) is 3.30. The third-order valence-electron chi connectivity index (χ3n) is 4.91. The van der Waals surface area contributed by atoms with Crippen molar-refractivity contribution in [1.82, 2.24) is 24.6 Å². The molecule has 0 saturated carbocycles. The molecule has 0 unspecified atom stereocenters. The molecule has 0 N–H and O–H groups in total. The largest absolute Gasteiger partial charge is 0.419 e. The van der Waals surface area contributed by atoms with Gasteiger partial charge in [0.25, 0.3) is 0 Å². The van der Waals surface area contributed by atoms with Crippen LogP contribution in [0.3, 0.4) is 0 Å². The standard InChI is InChI=1S/C20H20Cl2N6O2/c1-14-19(27-10-8-26(9-11-27)18(29)12-21)23-13-24-20(14)30-17-6-7-28(25-17)16-4-2-15(22)3-5-16/h2-7,13H,8-12H2,1H3. The Balaban J connectivity index is 1.48. The minimum atomic E-state index is -0.0453. The van der Waals surface area contributed by atoms with Crippen LogP contribution in [0.4, 0.5) is 5.82 Å². The molecule has 4 rings (SSSR count). The summed E-state index contributed by atoms with van der Waals surface area (Å²) in [6.45, 7) is 4.47. The van der Waals surface area contributed by atoms with Crippen molar-refractivity contribution in [3.63, 3.8) is 0 Å². The summed E-state index contributed by atoms with van der Waals surface area (Å²) in [6.07, 6.45) is 3.28. The second kappa shape index (κ2) is 8.89. The Morgan fingerprint density at radius 3 is 2.53 bits per heavy atom. The highest BCUT2D eigenvalue weighted by Crippen LogP contribution is 2.28. The number of piperazine rings is 1. The van der Waals surface area contributed by atoms with Gasteiger partial charge in [-0.2, -0.15) is 0 Å². The van der Waals surface area contributed by atoms with Gasteiger partial charge < -0.3 is 14.5 Å². The maximum Gasteiger partial charge on any atom is 0.240 e. The summed E-state index contributed by atoms with van der Waals surface area (Å²) in [5.41, 5.74) is 1.69. The summed E-state index contributed by atoms with van der Waals surface area (Å²) in [5.74, 6) is 1.62. The van der Waals surface area contributed by atoms with Gasteiger partial charge in [-0.05, 0) is 31.2 Å². The number of alkyl halides is 1. The lowest BCUT2D eigenvalue weighted by Gasteiger charge is -2.35. The van der Waals surface area contributed by atoms with Crippen LogP contribution in [0.15, 0.2) is 42.9 Å². The smallest absolute Gasteiger partial charge is 0.240 e. The Hall–Kier alpha value is -2.84. The van der Waals surface area contributed by atoms with Crippen molar-refractivity contribution in [3.05, 3.63) is 53.4 Å². The SMILES string of the molecule is Cc1c(Oc2ccn(-c3ccc(Cl)cc3)n2)ncnc1N1CCN(C(=O)CCl)CC1. The van der Waals surface area contributed by atoms with Crippen LogP contribution >= 0.6 is 23.2 Å². The Morgan fingerprint density at radius 1 is 1.10 bits per heavy atom. The summed E-state index contributed by atoms with van der Waals surface area (Å²) in [7, 11) is 0. The van der Waals surface area contributed by atoms with E-state index >= 15 is 0 Å². The van der Waals surface area contributed by atoms with Crippen molar-refractivity contribution in [2.75, 3.05) is 37.0 Å². The Kier molecular flexibility index (Phi) is 6.06. The van der Waals surface area contributed by atoms with Crippen LogP contribution in [0.2, 0.25) is 5.02 Å². The van der Waals surface area contributed by atoms with Gasteiger partial charge in [-0.25, -0.2) is 14.6 Å². The lowest BCUT2D eigenvalue weighted by Crippen LogP contribution is -2.49. The number of benzene rings is 1. The van der Waals surface area contributed by atoms with E-state index in [9.17, 15) is 4.79 Å². The minimum absolute atomic E-state index is 0.00713. The zero-order valence-corrected chi connectivity index (χ0v) is 17.8. The van der Waals surface area contributed by atoms with E-state index in [0.717, 1.165) is 17.1 Å². The molecule has 10 heteroatoms. The van der Waals surface area contributed by atoms with Crippen molar-refractivity contribution in [2.24, 2.45) is 0 Å². The minimum Gasteiger partial charge on any atom is -0.419 e. The van der Waals surface area contributed by atoms with Crippen LogP contribution < -0.4 is 9.64 Å². The molecular formula is C20H20Cl2N6O2. The van der Waals surface area contributed by atoms with Crippen LogP contribution in [0.25, 0.3) is 5.69 Å². The van der Waals surface area contributed by atoms with E-state index in [1.807, 2.05) is 25.3 Å². The quantitative estimate of drug-likeness (QED) is 0.559. The monoisotopic (exact) mass is 446 g/mol. The normalized spacial score (nSPS) is 14.1. The van der Waals surface area contributed by atoms with Crippen molar-refractivity contribution < 1.29 is 9.53 Å². The van der Waals surface area contributed by atoms with E-state index in [2.05, 4.69) is 20.0 Å². The first kappa shape index (κ1) is 20.4. The second-order valence-corrected chi connectivity index (χ2v) is 7.51. The summed E-state index contributed by atoms with van der Waals surface area (Å²) >= 11 is 11.6. The maximum atomic E-state index is 11.8. The fourth-order valence-electron chi connectivity index (χ4n) is 3.30. The number of nitrogens with zero attached hydrogens (tertiary/aromatic N) is 6. The molecule has 0 aliphatic carbocycles. The molecule has 1 amide bonds. The molecule has 1 aliphatic rings. The Labute approximate surface area is 184 Å². The number of carbonyl (C=O) groups excluding carboxylic acids is 1. The van der Waals surface area contributed by atoms with Gasteiger partial charge in [-0.1, -0.05) is 11.6 Å². The van der Waals surface area contributed by atoms with Gasteiger partial charge in [-0.3, -0.25) is 4.79 Å². The van der Waals surface area contributed by atoms with Crippen LogP contribution in [0.1, 0.15) is 5.56 Å². The number of hydrogen-bond acceptors (Lipinski definition) is 6. The fraction of sp³-hybridized carbons (Fsp3) is 0.300. The van der Waals surface area contributed by atoms with E-state index in [0.29, 0.717) is 43.0 Å². The van der Waals surface area contributed by atoms with E-state index in [1.54, 1.807) is 27.8 Å². The van der Waals surface area contributed by atoms with Gasteiger partial charge in [0, 0.05) is 43.5 Å². The predicted molar refractivity (Wildman–Crippen MR) is 115 cm³/mol. The first-order chi connectivity index (χ1) is 14.5. The molecule has 156 valence electrons. The van der Waals surface area contributed by atoms with Gasteiger partial charge in [0.05, 0.1) is 11.3 Å². The maximum absolute atomic E-state index is 11.8. The van der Waals surface area contributed by atoms with Crippen LogP contribution in [0.5, 0.6) is 11.8 Å². The molecule has 2 aromatic heterocycles. The molecule has 0 spiro atoms. The molecular weight excluding hydrogens is 427 g/mol.